The van der Waals surface area contributed by atoms with Crippen molar-refractivity contribution < 1.29 is 4.39 Å². The van der Waals surface area contributed by atoms with Gasteiger partial charge in [-0.25, -0.2) is 19.3 Å². The lowest BCUT2D eigenvalue weighted by molar-refractivity contribution is 0.588. The summed E-state index contributed by atoms with van der Waals surface area (Å²) >= 11 is 1.63. The molecule has 5 nitrogen and oxygen atoms in total. The van der Waals surface area contributed by atoms with Crippen molar-refractivity contribution in [3.05, 3.63) is 48.2 Å². The molecular formula is C20H19FN5S. The lowest BCUT2D eigenvalue weighted by Crippen LogP contribution is -2.43. The van der Waals surface area contributed by atoms with Gasteiger partial charge in [0.2, 0.25) is 0 Å². The van der Waals surface area contributed by atoms with Gasteiger partial charge in [0, 0.05) is 43.5 Å². The maximum atomic E-state index is 13.9. The molecule has 1 aliphatic carbocycles. The van der Waals surface area contributed by atoms with Crippen molar-refractivity contribution >= 4 is 16.5 Å². The highest BCUT2D eigenvalue weighted by Crippen LogP contribution is 2.47. The first kappa shape index (κ1) is 16.8. The highest BCUT2D eigenvalue weighted by atomic mass is 32.1. The van der Waals surface area contributed by atoms with Crippen LogP contribution in [0.2, 0.25) is 0 Å². The van der Waals surface area contributed by atoms with Gasteiger partial charge in [-0.3, -0.25) is 0 Å². The molecule has 137 valence electrons. The molecule has 27 heavy (non-hydrogen) atoms. The molecule has 1 saturated carbocycles. The Kier molecular flexibility index (Phi) is 4.33. The summed E-state index contributed by atoms with van der Waals surface area (Å²) in [4.78, 5) is 16.8. The lowest BCUT2D eigenvalue weighted by Gasteiger charge is -2.26. The predicted molar refractivity (Wildman–Crippen MR) is 104 cm³/mol. The average molecular weight is 380 g/mol. The predicted octanol–water partition coefficient (Wildman–Crippen LogP) is 3.49. The summed E-state index contributed by atoms with van der Waals surface area (Å²) in [6.07, 6.45) is 6.95. The van der Waals surface area contributed by atoms with Gasteiger partial charge in [-0.1, -0.05) is 23.5 Å². The van der Waals surface area contributed by atoms with Gasteiger partial charge in [-0.15, -0.1) is 0 Å². The number of benzene rings is 1. The number of nitrogens with zero attached hydrogens (tertiary/aromatic N) is 4. The Morgan fingerprint density at radius 1 is 1.19 bits per heavy atom. The summed E-state index contributed by atoms with van der Waals surface area (Å²) in [5.74, 6) is 0.256. The molecule has 0 atom stereocenters. The van der Waals surface area contributed by atoms with Crippen LogP contribution in [0, 0.1) is 12.1 Å². The van der Waals surface area contributed by atoms with Crippen LogP contribution in [0.15, 0.2) is 30.5 Å². The zero-order valence-corrected chi connectivity index (χ0v) is 15.6. The second-order valence-corrected chi connectivity index (χ2v) is 7.95. The molecule has 0 spiro atoms. The Morgan fingerprint density at radius 3 is 2.81 bits per heavy atom. The Bertz CT molecular complexity index is 963. The van der Waals surface area contributed by atoms with Gasteiger partial charge in [0.05, 0.1) is 16.3 Å². The number of nitrogens with one attached hydrogen (secondary N) is 1. The van der Waals surface area contributed by atoms with E-state index in [-0.39, 0.29) is 5.82 Å². The van der Waals surface area contributed by atoms with Crippen molar-refractivity contribution in [3.63, 3.8) is 0 Å². The largest absolute Gasteiger partial charge is 0.346 e. The third-order valence-electron chi connectivity index (χ3n) is 5.03. The molecule has 0 unspecified atom stereocenters. The normalized spacial score (nSPS) is 17.3. The highest BCUT2D eigenvalue weighted by Gasteiger charge is 2.30. The highest BCUT2D eigenvalue weighted by molar-refractivity contribution is 7.19. The molecular weight excluding hydrogens is 361 g/mol. The number of aromatic nitrogens is 3. The molecule has 2 fully saturated rings. The number of anilines is 1. The van der Waals surface area contributed by atoms with E-state index >= 15 is 0 Å². The van der Waals surface area contributed by atoms with Crippen LogP contribution in [-0.4, -0.2) is 41.1 Å². The van der Waals surface area contributed by atoms with Crippen LogP contribution < -0.4 is 10.2 Å². The third kappa shape index (κ3) is 3.33. The molecule has 1 N–H and O–H groups in total. The van der Waals surface area contributed by atoms with Crippen molar-refractivity contribution in [2.45, 2.75) is 18.8 Å². The fourth-order valence-corrected chi connectivity index (χ4v) is 4.62. The van der Waals surface area contributed by atoms with Gasteiger partial charge in [0.15, 0.2) is 11.5 Å². The molecule has 2 aliphatic rings. The average Bonchev–Trinajstić information content (AvgIpc) is 3.47. The SMILES string of the molecule is Fc1cccc(-c2nc(N3CCNCC3)sc2-c2n[c]ncc2C2CC2)c1. The van der Waals surface area contributed by atoms with E-state index in [1.54, 1.807) is 23.5 Å². The zero-order chi connectivity index (χ0) is 18.2. The monoisotopic (exact) mass is 380 g/mol. The minimum absolute atomic E-state index is 0.258. The first-order valence-electron chi connectivity index (χ1n) is 9.25. The minimum Gasteiger partial charge on any atom is -0.346 e. The van der Waals surface area contributed by atoms with E-state index < -0.39 is 0 Å². The lowest BCUT2D eigenvalue weighted by atomic mass is 10.1. The molecule has 7 heteroatoms. The van der Waals surface area contributed by atoms with Gasteiger partial charge >= 0.3 is 0 Å². The van der Waals surface area contributed by atoms with Crippen molar-refractivity contribution in [1.29, 1.82) is 0 Å². The summed E-state index contributed by atoms with van der Waals surface area (Å²) < 4.78 is 13.9. The number of rotatable bonds is 4. The second-order valence-electron chi connectivity index (χ2n) is 6.97. The molecule has 2 aromatic heterocycles. The Balaban J connectivity index is 1.65. The molecule has 0 amide bonds. The minimum atomic E-state index is -0.258. The molecule has 1 saturated heterocycles. The first-order chi connectivity index (χ1) is 13.3. The summed E-state index contributed by atoms with van der Waals surface area (Å²) in [5.41, 5.74) is 3.62. The Labute approximate surface area is 161 Å². The van der Waals surface area contributed by atoms with Gasteiger partial charge in [0.25, 0.3) is 0 Å². The molecule has 0 bridgehead atoms. The van der Waals surface area contributed by atoms with Crippen LogP contribution in [0.1, 0.15) is 24.3 Å². The number of thiazole rings is 1. The van der Waals surface area contributed by atoms with Crippen molar-refractivity contribution in [2.24, 2.45) is 0 Å². The van der Waals surface area contributed by atoms with Gasteiger partial charge in [0.1, 0.15) is 5.82 Å². The Morgan fingerprint density at radius 2 is 2.04 bits per heavy atom. The van der Waals surface area contributed by atoms with Gasteiger partial charge < -0.3 is 10.2 Å². The third-order valence-corrected chi connectivity index (χ3v) is 6.15. The van der Waals surface area contributed by atoms with Crippen molar-refractivity contribution in [2.75, 3.05) is 31.1 Å². The van der Waals surface area contributed by atoms with E-state index in [0.717, 1.165) is 58.7 Å². The van der Waals surface area contributed by atoms with E-state index in [1.165, 1.54) is 18.9 Å². The van der Waals surface area contributed by atoms with Crippen LogP contribution in [0.25, 0.3) is 21.8 Å². The van der Waals surface area contributed by atoms with E-state index in [9.17, 15) is 4.39 Å². The van der Waals surface area contributed by atoms with E-state index in [4.69, 9.17) is 4.98 Å². The van der Waals surface area contributed by atoms with Gasteiger partial charge in [-0.2, -0.15) is 0 Å². The van der Waals surface area contributed by atoms with Crippen LogP contribution in [-0.2, 0) is 0 Å². The molecule has 1 radical (unpaired) electrons. The van der Waals surface area contributed by atoms with Gasteiger partial charge in [-0.05, 0) is 30.9 Å². The summed E-state index contributed by atoms with van der Waals surface area (Å²) in [6.45, 7) is 3.72. The Hall–Kier alpha value is -2.38. The standard InChI is InChI=1S/C20H19FN5S/c21-15-3-1-2-14(10-15)17-19(18-16(13-4-5-13)11-23-12-24-18)27-20(25-17)26-8-6-22-7-9-26/h1-3,10-11,13,22H,4-9H2. The maximum Gasteiger partial charge on any atom is 0.198 e. The fraction of sp³-hybridized carbons (Fsp3) is 0.350. The number of hydrogen-bond donors (Lipinski definition) is 1. The van der Waals surface area contributed by atoms with Crippen LogP contribution in [0.3, 0.4) is 0 Å². The number of hydrogen-bond acceptors (Lipinski definition) is 6. The van der Waals surface area contributed by atoms with Crippen LogP contribution >= 0.6 is 11.3 Å². The number of piperazine rings is 1. The van der Waals surface area contributed by atoms with Crippen LogP contribution in [0.5, 0.6) is 0 Å². The summed E-state index contributed by atoms with van der Waals surface area (Å²) in [5, 5.41) is 4.33. The fourth-order valence-electron chi connectivity index (χ4n) is 3.47. The summed E-state index contributed by atoms with van der Waals surface area (Å²) in [6, 6.07) is 6.64. The van der Waals surface area contributed by atoms with Crippen LogP contribution in [0.4, 0.5) is 9.52 Å². The molecule has 3 aromatic rings. The van der Waals surface area contributed by atoms with E-state index in [0.29, 0.717) is 5.92 Å². The summed E-state index contributed by atoms with van der Waals surface area (Å²) in [7, 11) is 0. The molecule has 1 aliphatic heterocycles. The second kappa shape index (κ2) is 6.98. The number of halogens is 1. The molecule has 1 aromatic carbocycles. The quantitative estimate of drug-likeness (QED) is 0.751. The zero-order valence-electron chi connectivity index (χ0n) is 14.8. The van der Waals surface area contributed by atoms with Crippen molar-refractivity contribution in [3.8, 4) is 21.8 Å². The maximum absolute atomic E-state index is 13.9. The van der Waals surface area contributed by atoms with E-state index in [2.05, 4.69) is 26.5 Å². The first-order valence-corrected chi connectivity index (χ1v) is 10.1. The van der Waals surface area contributed by atoms with Crippen molar-refractivity contribution in [1.82, 2.24) is 20.3 Å². The van der Waals surface area contributed by atoms with E-state index in [1.807, 2.05) is 12.3 Å². The smallest absolute Gasteiger partial charge is 0.198 e. The molecule has 5 rings (SSSR count). The topological polar surface area (TPSA) is 53.9 Å². The molecule has 3 heterocycles.